The van der Waals surface area contributed by atoms with Gasteiger partial charge >= 0.3 is 0 Å². The molecule has 3 rings (SSSR count). The lowest BCUT2D eigenvalue weighted by atomic mass is 10.1. The largest absolute Gasteiger partial charge is 0.390 e. The van der Waals surface area contributed by atoms with Gasteiger partial charge in [0.25, 0.3) is 0 Å². The number of ether oxygens (including phenoxy) is 2. The SMILES string of the molecule is CC[C@@H]1CO1.Cc1ccc(C[C@H](O)COCc2ccccc2)cc1. The molecule has 0 aliphatic carbocycles. The molecule has 0 aromatic heterocycles. The van der Waals surface area contributed by atoms with Crippen LogP contribution < -0.4 is 0 Å². The summed E-state index contributed by atoms with van der Waals surface area (Å²) >= 11 is 0. The van der Waals surface area contributed by atoms with Crippen molar-refractivity contribution in [2.24, 2.45) is 0 Å². The molecule has 24 heavy (non-hydrogen) atoms. The minimum Gasteiger partial charge on any atom is -0.390 e. The van der Waals surface area contributed by atoms with Gasteiger partial charge in [-0.2, -0.15) is 0 Å². The molecule has 0 bridgehead atoms. The van der Waals surface area contributed by atoms with Crippen molar-refractivity contribution in [2.45, 2.75) is 45.5 Å². The fraction of sp³-hybridized carbons (Fsp3) is 0.429. The highest BCUT2D eigenvalue weighted by molar-refractivity contribution is 5.21. The lowest BCUT2D eigenvalue weighted by molar-refractivity contribution is 0.0288. The van der Waals surface area contributed by atoms with Crippen molar-refractivity contribution in [1.29, 1.82) is 0 Å². The fourth-order valence-corrected chi connectivity index (χ4v) is 2.25. The Morgan fingerprint density at radius 3 is 2.29 bits per heavy atom. The summed E-state index contributed by atoms with van der Waals surface area (Å²) < 4.78 is 10.4. The molecule has 0 amide bonds. The van der Waals surface area contributed by atoms with Gasteiger partial charge < -0.3 is 14.6 Å². The first-order valence-corrected chi connectivity index (χ1v) is 8.64. The van der Waals surface area contributed by atoms with Gasteiger partial charge in [-0.15, -0.1) is 0 Å². The van der Waals surface area contributed by atoms with E-state index in [1.165, 1.54) is 12.0 Å². The molecule has 0 spiro atoms. The van der Waals surface area contributed by atoms with Crippen LogP contribution in [0.1, 0.15) is 30.0 Å². The first-order valence-electron chi connectivity index (χ1n) is 8.64. The van der Waals surface area contributed by atoms with Crippen LogP contribution in [-0.2, 0) is 22.5 Å². The van der Waals surface area contributed by atoms with E-state index in [0.717, 1.165) is 17.7 Å². The van der Waals surface area contributed by atoms with Gasteiger partial charge in [-0.05, 0) is 24.5 Å². The zero-order valence-corrected chi connectivity index (χ0v) is 14.7. The van der Waals surface area contributed by atoms with E-state index >= 15 is 0 Å². The van der Waals surface area contributed by atoms with Crippen LogP contribution >= 0.6 is 0 Å². The van der Waals surface area contributed by atoms with Crippen molar-refractivity contribution in [3.8, 4) is 0 Å². The normalized spacial score (nSPS) is 16.9. The Morgan fingerprint density at radius 2 is 1.75 bits per heavy atom. The number of epoxide rings is 1. The minimum absolute atomic E-state index is 0.364. The van der Waals surface area contributed by atoms with Gasteiger partial charge in [0.1, 0.15) is 0 Å². The number of hydrogen-bond donors (Lipinski definition) is 1. The quantitative estimate of drug-likeness (QED) is 0.784. The monoisotopic (exact) mass is 328 g/mol. The van der Waals surface area contributed by atoms with E-state index in [9.17, 15) is 5.11 Å². The van der Waals surface area contributed by atoms with Gasteiger partial charge in [0.15, 0.2) is 0 Å². The number of aliphatic hydroxyl groups is 1. The molecule has 1 heterocycles. The van der Waals surface area contributed by atoms with Crippen LogP contribution in [0.25, 0.3) is 0 Å². The molecule has 1 fully saturated rings. The molecule has 130 valence electrons. The minimum atomic E-state index is -0.452. The predicted octanol–water partition coefficient (Wildman–Crippen LogP) is 3.91. The number of hydrogen-bond acceptors (Lipinski definition) is 3. The molecule has 3 nitrogen and oxygen atoms in total. The Labute approximate surface area is 145 Å². The van der Waals surface area contributed by atoms with Crippen LogP contribution in [0.4, 0.5) is 0 Å². The molecule has 0 unspecified atom stereocenters. The molecule has 3 heteroatoms. The molecule has 0 saturated carbocycles. The van der Waals surface area contributed by atoms with Gasteiger partial charge in [0, 0.05) is 6.42 Å². The van der Waals surface area contributed by atoms with Gasteiger partial charge in [0.2, 0.25) is 0 Å². The number of benzene rings is 2. The summed E-state index contributed by atoms with van der Waals surface area (Å²) in [6, 6.07) is 18.2. The van der Waals surface area contributed by atoms with Crippen LogP contribution in [0, 0.1) is 6.92 Å². The first-order chi connectivity index (χ1) is 11.7. The van der Waals surface area contributed by atoms with Crippen LogP contribution in [0.15, 0.2) is 54.6 Å². The Morgan fingerprint density at radius 1 is 1.08 bits per heavy atom. The van der Waals surface area contributed by atoms with Crippen LogP contribution in [0.5, 0.6) is 0 Å². The van der Waals surface area contributed by atoms with Gasteiger partial charge in [-0.1, -0.05) is 67.1 Å². The smallest absolute Gasteiger partial charge is 0.0814 e. The zero-order chi connectivity index (χ0) is 17.2. The topological polar surface area (TPSA) is 42.0 Å². The molecule has 1 saturated heterocycles. The fourth-order valence-electron chi connectivity index (χ4n) is 2.25. The van der Waals surface area contributed by atoms with Crippen LogP contribution in [0.2, 0.25) is 0 Å². The molecule has 1 N–H and O–H groups in total. The lowest BCUT2D eigenvalue weighted by Gasteiger charge is -2.11. The van der Waals surface area contributed by atoms with E-state index < -0.39 is 6.10 Å². The van der Waals surface area contributed by atoms with Crippen LogP contribution in [0.3, 0.4) is 0 Å². The third-order valence-corrected chi connectivity index (χ3v) is 3.87. The highest BCUT2D eigenvalue weighted by Crippen LogP contribution is 2.11. The summed E-state index contributed by atoms with van der Waals surface area (Å²) in [6.07, 6.45) is 2.01. The second-order valence-corrected chi connectivity index (χ2v) is 6.21. The predicted molar refractivity (Wildman–Crippen MR) is 97.0 cm³/mol. The van der Waals surface area contributed by atoms with Crippen molar-refractivity contribution >= 4 is 0 Å². The first kappa shape index (κ1) is 18.7. The van der Waals surface area contributed by atoms with Gasteiger partial charge in [-0.3, -0.25) is 0 Å². The lowest BCUT2D eigenvalue weighted by Crippen LogP contribution is -2.18. The van der Waals surface area contributed by atoms with E-state index in [4.69, 9.17) is 9.47 Å². The van der Waals surface area contributed by atoms with E-state index in [1.807, 2.05) is 30.3 Å². The molecule has 1 aliphatic rings. The molecule has 1 aliphatic heterocycles. The van der Waals surface area contributed by atoms with E-state index in [-0.39, 0.29) is 0 Å². The second kappa shape index (κ2) is 10.2. The summed E-state index contributed by atoms with van der Waals surface area (Å²) in [7, 11) is 0. The summed E-state index contributed by atoms with van der Waals surface area (Å²) in [5.41, 5.74) is 3.50. The van der Waals surface area contributed by atoms with Crippen molar-refractivity contribution in [2.75, 3.05) is 13.2 Å². The maximum Gasteiger partial charge on any atom is 0.0814 e. The summed E-state index contributed by atoms with van der Waals surface area (Å²) in [4.78, 5) is 0. The molecular formula is C21H28O3. The molecule has 2 atom stereocenters. The number of rotatable bonds is 7. The molecule has 2 aromatic rings. The average Bonchev–Trinajstić information content (AvgIpc) is 3.43. The maximum atomic E-state index is 9.92. The molecule has 0 radical (unpaired) electrons. The molecule has 2 aromatic carbocycles. The third-order valence-electron chi connectivity index (χ3n) is 3.87. The van der Waals surface area contributed by atoms with E-state index in [1.54, 1.807) is 0 Å². The Hall–Kier alpha value is -1.68. The zero-order valence-electron chi connectivity index (χ0n) is 14.7. The summed E-state index contributed by atoms with van der Waals surface area (Å²) in [6.45, 7) is 6.12. The summed E-state index contributed by atoms with van der Waals surface area (Å²) in [5.74, 6) is 0. The van der Waals surface area contributed by atoms with Crippen molar-refractivity contribution in [3.05, 3.63) is 71.3 Å². The second-order valence-electron chi connectivity index (χ2n) is 6.21. The average molecular weight is 328 g/mol. The Kier molecular flexibility index (Phi) is 7.96. The van der Waals surface area contributed by atoms with E-state index in [0.29, 0.717) is 25.7 Å². The van der Waals surface area contributed by atoms with Crippen molar-refractivity contribution < 1.29 is 14.6 Å². The van der Waals surface area contributed by atoms with E-state index in [2.05, 4.69) is 38.1 Å². The maximum absolute atomic E-state index is 9.92. The van der Waals surface area contributed by atoms with Crippen LogP contribution in [-0.4, -0.2) is 30.5 Å². The third kappa shape index (κ3) is 7.73. The highest BCUT2D eigenvalue weighted by Gasteiger charge is 2.18. The molecular weight excluding hydrogens is 300 g/mol. The highest BCUT2D eigenvalue weighted by atomic mass is 16.6. The van der Waals surface area contributed by atoms with Gasteiger partial charge in [0.05, 0.1) is 32.0 Å². The Balaban J connectivity index is 0.000000355. The van der Waals surface area contributed by atoms with Crippen molar-refractivity contribution in [1.82, 2.24) is 0 Å². The van der Waals surface area contributed by atoms with Gasteiger partial charge in [-0.25, -0.2) is 0 Å². The summed E-state index contributed by atoms with van der Waals surface area (Å²) in [5, 5.41) is 9.92. The number of aryl methyl sites for hydroxylation is 1. The van der Waals surface area contributed by atoms with Crippen molar-refractivity contribution in [3.63, 3.8) is 0 Å². The number of aliphatic hydroxyl groups excluding tert-OH is 1. The Bertz CT molecular complexity index is 561. The standard InChI is InChI=1S/C17H20O2.C4H8O/c1-14-7-9-15(10-8-14)11-17(18)13-19-12-16-5-3-2-4-6-16;1-2-4-3-5-4/h2-10,17-18H,11-13H2,1H3;4H,2-3H2,1H3/t17-;4-/m01/s1.